The van der Waals surface area contributed by atoms with Gasteiger partial charge in [0.1, 0.15) is 0 Å². The van der Waals surface area contributed by atoms with Crippen LogP contribution in [0.2, 0.25) is 0 Å². The maximum absolute atomic E-state index is 11.6. The number of H-pyrrole nitrogens is 1. The molecule has 3 rings (SSSR count). The van der Waals surface area contributed by atoms with Crippen LogP contribution in [0.4, 0.5) is 0 Å². The van der Waals surface area contributed by atoms with Crippen molar-refractivity contribution in [1.82, 2.24) is 19.9 Å². The molecule has 0 spiro atoms. The third-order valence-electron chi connectivity index (χ3n) is 5.52. The first-order valence-corrected chi connectivity index (χ1v) is 11.7. The van der Waals surface area contributed by atoms with Crippen molar-refractivity contribution >= 4 is 26.9 Å². The molecule has 0 amide bonds. The minimum Gasteiger partial charge on any atom is -0.358 e. The smallest absolute Gasteiger partial charge is 0.211 e. The summed E-state index contributed by atoms with van der Waals surface area (Å²) in [7, 11) is -1.29. The molecule has 154 valence electrons. The number of fused-ring (bicyclic) bond motifs is 1. The number of benzene rings is 1. The molecule has 7 nitrogen and oxygen atoms in total. The molecule has 1 fully saturated rings. The number of hydrogen-bond donors (Lipinski definition) is 3. The van der Waals surface area contributed by atoms with Crippen LogP contribution in [0.1, 0.15) is 24.1 Å². The summed E-state index contributed by atoms with van der Waals surface area (Å²) in [4.78, 5) is 7.75. The molecular formula is C20H31N5O2S. The Hall–Kier alpha value is -2.06. The summed E-state index contributed by atoms with van der Waals surface area (Å²) >= 11 is 0. The Balaban J connectivity index is 1.45. The lowest BCUT2D eigenvalue weighted by atomic mass is 9.98. The number of rotatable bonds is 6. The van der Waals surface area contributed by atoms with Crippen LogP contribution in [0, 0.1) is 12.8 Å². The second kappa shape index (κ2) is 8.96. The summed E-state index contributed by atoms with van der Waals surface area (Å²) in [5, 5.41) is 8.06. The molecule has 0 bridgehead atoms. The number of nitrogens with one attached hydrogen (secondary N) is 3. The van der Waals surface area contributed by atoms with Gasteiger partial charge in [-0.3, -0.25) is 4.99 Å². The van der Waals surface area contributed by atoms with Gasteiger partial charge in [0.05, 0.1) is 6.26 Å². The average molecular weight is 406 g/mol. The van der Waals surface area contributed by atoms with E-state index in [0.717, 1.165) is 38.3 Å². The van der Waals surface area contributed by atoms with Gasteiger partial charge in [-0.15, -0.1) is 0 Å². The molecule has 2 heterocycles. The van der Waals surface area contributed by atoms with Crippen LogP contribution in [0.25, 0.3) is 10.9 Å². The highest BCUT2D eigenvalue weighted by Gasteiger charge is 2.24. The van der Waals surface area contributed by atoms with E-state index < -0.39 is 10.0 Å². The molecule has 1 aromatic carbocycles. The lowest BCUT2D eigenvalue weighted by molar-refractivity contribution is 0.275. The van der Waals surface area contributed by atoms with Crippen LogP contribution in [-0.2, 0) is 16.4 Å². The second-order valence-electron chi connectivity index (χ2n) is 7.51. The number of nitrogens with zero attached hydrogens (tertiary/aromatic N) is 2. The van der Waals surface area contributed by atoms with Gasteiger partial charge in [0, 0.05) is 49.8 Å². The minimum atomic E-state index is -3.06. The molecule has 0 unspecified atom stereocenters. The first kappa shape index (κ1) is 20.7. The van der Waals surface area contributed by atoms with E-state index in [1.165, 1.54) is 28.4 Å². The number of aromatic nitrogens is 1. The predicted octanol–water partition coefficient (Wildman–Crippen LogP) is 1.86. The monoisotopic (exact) mass is 405 g/mol. The van der Waals surface area contributed by atoms with Gasteiger partial charge in [-0.1, -0.05) is 18.2 Å². The molecule has 1 aromatic heterocycles. The zero-order valence-electron chi connectivity index (χ0n) is 17.0. The van der Waals surface area contributed by atoms with Crippen molar-refractivity contribution in [3.63, 3.8) is 0 Å². The van der Waals surface area contributed by atoms with E-state index in [1.54, 1.807) is 11.4 Å². The molecule has 0 atom stereocenters. The van der Waals surface area contributed by atoms with Crippen LogP contribution in [-0.4, -0.2) is 63.1 Å². The molecule has 0 saturated carbocycles. The van der Waals surface area contributed by atoms with Crippen LogP contribution >= 0.6 is 0 Å². The molecule has 2 aromatic rings. The van der Waals surface area contributed by atoms with Crippen LogP contribution in [0.15, 0.2) is 29.3 Å². The van der Waals surface area contributed by atoms with Crippen molar-refractivity contribution in [3.8, 4) is 0 Å². The topological polar surface area (TPSA) is 89.6 Å². The molecule has 1 aliphatic heterocycles. The third-order valence-corrected chi connectivity index (χ3v) is 6.82. The average Bonchev–Trinajstić information content (AvgIpc) is 2.99. The van der Waals surface area contributed by atoms with Gasteiger partial charge in [-0.05, 0) is 43.7 Å². The third kappa shape index (κ3) is 5.05. The standard InChI is InChI=1S/C20H31N5O2S/c1-15-17(18-6-4-5-7-19(18)24-15)8-11-22-20(21-2)23-14-16-9-12-25(13-10-16)28(3,26)27/h4-7,16,24H,8-14H2,1-3H3,(H2,21,22,23). The van der Waals surface area contributed by atoms with Gasteiger partial charge >= 0.3 is 0 Å². The Labute approximate surface area is 167 Å². The number of guanidine groups is 1. The van der Waals surface area contributed by atoms with Gasteiger partial charge in [0.15, 0.2) is 5.96 Å². The SMILES string of the molecule is CN=C(NCCc1c(C)[nH]c2ccccc12)NCC1CCN(S(C)(=O)=O)CC1. The Morgan fingerprint density at radius 2 is 1.96 bits per heavy atom. The zero-order chi connectivity index (χ0) is 20.1. The van der Waals surface area contributed by atoms with Crippen molar-refractivity contribution < 1.29 is 8.42 Å². The van der Waals surface area contributed by atoms with Crippen molar-refractivity contribution in [2.24, 2.45) is 10.9 Å². The van der Waals surface area contributed by atoms with E-state index >= 15 is 0 Å². The summed E-state index contributed by atoms with van der Waals surface area (Å²) in [5.41, 5.74) is 3.73. The number of para-hydroxylation sites is 1. The summed E-state index contributed by atoms with van der Waals surface area (Å²) in [6.45, 7) is 4.94. The van der Waals surface area contributed by atoms with Crippen LogP contribution in [0.3, 0.4) is 0 Å². The van der Waals surface area contributed by atoms with Crippen molar-refractivity contribution in [1.29, 1.82) is 0 Å². The van der Waals surface area contributed by atoms with Crippen molar-refractivity contribution in [3.05, 3.63) is 35.5 Å². The molecular weight excluding hydrogens is 374 g/mol. The number of piperidine rings is 1. The van der Waals surface area contributed by atoms with E-state index in [0.29, 0.717) is 19.0 Å². The van der Waals surface area contributed by atoms with Gasteiger partial charge in [-0.25, -0.2) is 12.7 Å². The van der Waals surface area contributed by atoms with E-state index in [4.69, 9.17) is 0 Å². The van der Waals surface area contributed by atoms with E-state index in [-0.39, 0.29) is 0 Å². The summed E-state index contributed by atoms with van der Waals surface area (Å²) in [5.74, 6) is 1.26. The number of aliphatic imine (C=N–C) groups is 1. The lowest BCUT2D eigenvalue weighted by Gasteiger charge is -2.30. The zero-order valence-corrected chi connectivity index (χ0v) is 17.8. The Bertz CT molecular complexity index is 927. The highest BCUT2D eigenvalue weighted by atomic mass is 32.2. The lowest BCUT2D eigenvalue weighted by Crippen LogP contribution is -2.44. The Morgan fingerprint density at radius 3 is 2.64 bits per heavy atom. The summed E-state index contributed by atoms with van der Waals surface area (Å²) in [6.07, 6.45) is 3.97. The fourth-order valence-corrected chi connectivity index (χ4v) is 4.74. The highest BCUT2D eigenvalue weighted by molar-refractivity contribution is 7.88. The van der Waals surface area contributed by atoms with E-state index in [2.05, 4.69) is 45.7 Å². The highest BCUT2D eigenvalue weighted by Crippen LogP contribution is 2.22. The normalized spacial score (nSPS) is 17.2. The first-order valence-electron chi connectivity index (χ1n) is 9.84. The fraction of sp³-hybridized carbons (Fsp3) is 0.550. The maximum Gasteiger partial charge on any atom is 0.211 e. The van der Waals surface area contributed by atoms with E-state index in [9.17, 15) is 8.42 Å². The van der Waals surface area contributed by atoms with Gasteiger partial charge in [0.25, 0.3) is 0 Å². The summed E-state index contributed by atoms with van der Waals surface area (Å²) in [6, 6.07) is 8.38. The molecule has 1 aliphatic rings. The van der Waals surface area contributed by atoms with Crippen LogP contribution < -0.4 is 10.6 Å². The van der Waals surface area contributed by atoms with Crippen molar-refractivity contribution in [2.75, 3.05) is 39.5 Å². The second-order valence-corrected chi connectivity index (χ2v) is 9.49. The number of aromatic amines is 1. The molecule has 3 N–H and O–H groups in total. The predicted molar refractivity (Wildman–Crippen MR) is 115 cm³/mol. The number of hydrogen-bond acceptors (Lipinski definition) is 3. The molecule has 8 heteroatoms. The molecule has 1 saturated heterocycles. The van der Waals surface area contributed by atoms with Crippen LogP contribution in [0.5, 0.6) is 0 Å². The number of sulfonamides is 1. The molecule has 28 heavy (non-hydrogen) atoms. The van der Waals surface area contributed by atoms with Gasteiger partial charge in [0.2, 0.25) is 10.0 Å². The van der Waals surface area contributed by atoms with Gasteiger partial charge < -0.3 is 15.6 Å². The number of aryl methyl sites for hydroxylation is 1. The first-order chi connectivity index (χ1) is 13.4. The Kier molecular flexibility index (Phi) is 6.61. The fourth-order valence-electron chi connectivity index (χ4n) is 3.87. The van der Waals surface area contributed by atoms with Crippen molar-refractivity contribution in [2.45, 2.75) is 26.2 Å². The maximum atomic E-state index is 11.6. The summed E-state index contributed by atoms with van der Waals surface area (Å²) < 4.78 is 24.8. The van der Waals surface area contributed by atoms with Gasteiger partial charge in [-0.2, -0.15) is 0 Å². The molecule has 0 aliphatic carbocycles. The molecule has 0 radical (unpaired) electrons. The Morgan fingerprint density at radius 1 is 1.25 bits per heavy atom. The minimum absolute atomic E-state index is 0.465. The van der Waals surface area contributed by atoms with E-state index in [1.807, 2.05) is 6.07 Å². The largest absolute Gasteiger partial charge is 0.358 e. The quantitative estimate of drug-likeness (QED) is 0.505.